The molecule has 21 heavy (non-hydrogen) atoms. The summed E-state index contributed by atoms with van der Waals surface area (Å²) in [6, 6.07) is 4.35. The maximum atomic E-state index is 12.3. The van der Waals surface area contributed by atoms with Crippen LogP contribution >= 0.6 is 0 Å². The van der Waals surface area contributed by atoms with Crippen LogP contribution in [0.2, 0.25) is 0 Å². The van der Waals surface area contributed by atoms with Gasteiger partial charge in [0.05, 0.1) is 7.11 Å². The quantitative estimate of drug-likeness (QED) is 0.773. The first-order valence-corrected chi connectivity index (χ1v) is 6.98. The number of nitrogens with zero attached hydrogens (tertiary/aromatic N) is 1. The smallest absolute Gasteiger partial charge is 0.257 e. The van der Waals surface area contributed by atoms with Crippen LogP contribution in [0.15, 0.2) is 18.2 Å². The minimum absolute atomic E-state index is 0.123. The van der Waals surface area contributed by atoms with Gasteiger partial charge in [-0.1, -0.05) is 6.07 Å². The van der Waals surface area contributed by atoms with E-state index in [0.717, 1.165) is 0 Å². The van der Waals surface area contributed by atoms with Crippen molar-refractivity contribution < 1.29 is 14.3 Å². The highest BCUT2D eigenvalue weighted by atomic mass is 16.5. The number of benzene rings is 1. The highest BCUT2D eigenvalue weighted by Gasteiger charge is 2.23. The molecule has 0 saturated carbocycles. The fraction of sp³-hybridized carbons (Fsp3) is 0.467. The first kappa shape index (κ1) is 16.8. The molecule has 0 saturated heterocycles. The fourth-order valence-corrected chi connectivity index (χ4v) is 2.10. The molecule has 1 aromatic rings. The first-order chi connectivity index (χ1) is 9.96. The van der Waals surface area contributed by atoms with E-state index >= 15 is 0 Å². The lowest BCUT2D eigenvalue weighted by Crippen LogP contribution is -2.47. The second-order valence-electron chi connectivity index (χ2n) is 4.63. The zero-order valence-electron chi connectivity index (χ0n) is 13.0. The minimum atomic E-state index is -0.623. The second-order valence-corrected chi connectivity index (χ2v) is 4.63. The van der Waals surface area contributed by atoms with Gasteiger partial charge in [-0.25, -0.2) is 0 Å². The van der Waals surface area contributed by atoms with Crippen molar-refractivity contribution in [1.82, 2.24) is 10.2 Å². The number of anilines is 1. The molecule has 0 aliphatic rings. The normalized spacial score (nSPS) is 11.6. The van der Waals surface area contributed by atoms with Gasteiger partial charge in [0.15, 0.2) is 0 Å². The minimum Gasteiger partial charge on any atom is -0.496 e. The number of nitrogens with one attached hydrogen (secondary N) is 1. The summed E-state index contributed by atoms with van der Waals surface area (Å²) in [6.07, 6.45) is 0. The van der Waals surface area contributed by atoms with Gasteiger partial charge in [0.2, 0.25) is 5.91 Å². The number of likely N-dealkylation sites (N-methyl/N-ethyl adjacent to an activating group) is 1. The Kier molecular flexibility index (Phi) is 6.02. The number of ether oxygens (including phenoxy) is 1. The van der Waals surface area contributed by atoms with Crippen LogP contribution < -0.4 is 15.8 Å². The van der Waals surface area contributed by atoms with Crippen LogP contribution in [0.25, 0.3) is 0 Å². The molecule has 0 bridgehead atoms. The number of rotatable bonds is 6. The topological polar surface area (TPSA) is 84.7 Å². The lowest BCUT2D eigenvalue weighted by Gasteiger charge is -2.23. The van der Waals surface area contributed by atoms with Gasteiger partial charge in [0.25, 0.3) is 5.91 Å². The van der Waals surface area contributed by atoms with Crippen molar-refractivity contribution in [2.75, 3.05) is 25.9 Å². The van der Waals surface area contributed by atoms with Crippen molar-refractivity contribution in [2.24, 2.45) is 0 Å². The van der Waals surface area contributed by atoms with E-state index in [1.165, 1.54) is 7.11 Å². The molecular formula is C15H23N3O3. The van der Waals surface area contributed by atoms with E-state index < -0.39 is 11.9 Å². The summed E-state index contributed by atoms with van der Waals surface area (Å²) in [5.41, 5.74) is 6.39. The summed E-state index contributed by atoms with van der Waals surface area (Å²) in [6.45, 7) is 6.66. The van der Waals surface area contributed by atoms with Crippen LogP contribution in [-0.2, 0) is 4.79 Å². The van der Waals surface area contributed by atoms with Crippen LogP contribution in [0.5, 0.6) is 5.75 Å². The average Bonchev–Trinajstić information content (AvgIpc) is 2.47. The van der Waals surface area contributed by atoms with Crippen LogP contribution in [0, 0.1) is 0 Å². The first-order valence-electron chi connectivity index (χ1n) is 6.98. The second kappa shape index (κ2) is 7.52. The number of hydrogen-bond donors (Lipinski definition) is 2. The lowest BCUT2D eigenvalue weighted by atomic mass is 10.1. The summed E-state index contributed by atoms with van der Waals surface area (Å²) in [7, 11) is 1.47. The molecule has 0 radical (unpaired) electrons. The zero-order chi connectivity index (χ0) is 16.0. The standard InChI is InChI=1S/C15H23N3O3/c1-5-18(6-2)15(20)10(3)17-14(19)13-11(16)8-7-9-12(13)21-4/h7-10H,5-6,16H2,1-4H3,(H,17,19). The maximum Gasteiger partial charge on any atom is 0.257 e. The Balaban J connectivity index is 2.89. The van der Waals surface area contributed by atoms with Crippen molar-refractivity contribution in [3.63, 3.8) is 0 Å². The summed E-state index contributed by atoms with van der Waals surface area (Å²) in [4.78, 5) is 26.1. The van der Waals surface area contributed by atoms with E-state index in [9.17, 15) is 9.59 Å². The van der Waals surface area contributed by atoms with Crippen LogP contribution in [0.1, 0.15) is 31.1 Å². The highest BCUT2D eigenvalue weighted by Crippen LogP contribution is 2.23. The molecule has 0 aliphatic heterocycles. The van der Waals surface area contributed by atoms with Gasteiger partial charge in [-0.05, 0) is 32.9 Å². The molecule has 0 heterocycles. The summed E-state index contributed by atoms with van der Waals surface area (Å²) in [5, 5.41) is 2.67. The van der Waals surface area contributed by atoms with Gasteiger partial charge in [-0.15, -0.1) is 0 Å². The Labute approximate surface area is 125 Å². The predicted molar refractivity (Wildman–Crippen MR) is 82.3 cm³/mol. The molecule has 0 aromatic heterocycles. The monoisotopic (exact) mass is 293 g/mol. The number of nitrogen functional groups attached to an aromatic ring is 1. The molecule has 0 fully saturated rings. The summed E-state index contributed by atoms with van der Waals surface area (Å²) >= 11 is 0. The van der Waals surface area contributed by atoms with E-state index in [0.29, 0.717) is 24.5 Å². The third-order valence-corrected chi connectivity index (χ3v) is 3.30. The molecule has 6 heteroatoms. The van der Waals surface area contributed by atoms with E-state index in [1.54, 1.807) is 30.0 Å². The number of methoxy groups -OCH3 is 1. The number of carbonyl (C=O) groups is 2. The van der Waals surface area contributed by atoms with Crippen molar-refractivity contribution in [1.29, 1.82) is 0 Å². The number of nitrogens with two attached hydrogens (primary N) is 1. The molecule has 6 nitrogen and oxygen atoms in total. The molecule has 1 aromatic carbocycles. The third-order valence-electron chi connectivity index (χ3n) is 3.30. The highest BCUT2D eigenvalue weighted by molar-refractivity contribution is 6.03. The Hall–Kier alpha value is -2.24. The number of carbonyl (C=O) groups excluding carboxylic acids is 2. The number of hydrogen-bond acceptors (Lipinski definition) is 4. The van der Waals surface area contributed by atoms with Crippen molar-refractivity contribution in [3.8, 4) is 5.75 Å². The Morgan fingerprint density at radius 2 is 1.95 bits per heavy atom. The lowest BCUT2D eigenvalue weighted by molar-refractivity contribution is -0.132. The molecule has 1 atom stereocenters. The van der Waals surface area contributed by atoms with Gasteiger partial charge >= 0.3 is 0 Å². The van der Waals surface area contributed by atoms with Crippen molar-refractivity contribution >= 4 is 17.5 Å². The third kappa shape index (κ3) is 3.87. The summed E-state index contributed by atoms with van der Waals surface area (Å²) < 4.78 is 5.14. The summed E-state index contributed by atoms with van der Waals surface area (Å²) in [5.74, 6) is -0.158. The van der Waals surface area contributed by atoms with Gasteiger partial charge in [-0.2, -0.15) is 0 Å². The van der Waals surface area contributed by atoms with E-state index in [2.05, 4.69) is 5.32 Å². The van der Waals surface area contributed by atoms with E-state index in [4.69, 9.17) is 10.5 Å². The fourth-order valence-electron chi connectivity index (χ4n) is 2.10. The molecule has 116 valence electrons. The number of amides is 2. The Bertz CT molecular complexity index is 513. The molecule has 2 amide bonds. The molecular weight excluding hydrogens is 270 g/mol. The van der Waals surface area contributed by atoms with Crippen LogP contribution in [0.3, 0.4) is 0 Å². The Morgan fingerprint density at radius 1 is 1.33 bits per heavy atom. The van der Waals surface area contributed by atoms with Crippen LogP contribution in [0.4, 0.5) is 5.69 Å². The maximum absolute atomic E-state index is 12.3. The van der Waals surface area contributed by atoms with E-state index in [-0.39, 0.29) is 11.5 Å². The van der Waals surface area contributed by atoms with Gasteiger partial charge in [0.1, 0.15) is 17.4 Å². The predicted octanol–water partition coefficient (Wildman–Crippen LogP) is 1.26. The Morgan fingerprint density at radius 3 is 2.48 bits per heavy atom. The van der Waals surface area contributed by atoms with Gasteiger partial charge < -0.3 is 20.7 Å². The largest absolute Gasteiger partial charge is 0.496 e. The zero-order valence-corrected chi connectivity index (χ0v) is 13.0. The molecule has 0 spiro atoms. The van der Waals surface area contributed by atoms with Crippen LogP contribution in [-0.4, -0.2) is 43.0 Å². The molecule has 1 rings (SSSR count). The van der Waals surface area contributed by atoms with Gasteiger partial charge in [-0.3, -0.25) is 9.59 Å². The van der Waals surface area contributed by atoms with E-state index in [1.807, 2.05) is 13.8 Å². The van der Waals surface area contributed by atoms with Crippen molar-refractivity contribution in [3.05, 3.63) is 23.8 Å². The molecule has 3 N–H and O–H groups in total. The molecule has 0 aliphatic carbocycles. The SMILES string of the molecule is CCN(CC)C(=O)C(C)NC(=O)c1c(N)cccc1OC. The van der Waals surface area contributed by atoms with Gasteiger partial charge in [0, 0.05) is 18.8 Å². The van der Waals surface area contributed by atoms with Crippen molar-refractivity contribution in [2.45, 2.75) is 26.8 Å². The average molecular weight is 293 g/mol. The molecule has 1 unspecified atom stereocenters.